The molecule has 1 aliphatic carbocycles. The van der Waals surface area contributed by atoms with E-state index in [-0.39, 0.29) is 41.6 Å². The molecule has 4 fully saturated rings. The lowest BCUT2D eigenvalue weighted by Gasteiger charge is -2.51. The molecule has 4 heterocycles. The zero-order valence-electron chi connectivity index (χ0n) is 25.1. The van der Waals surface area contributed by atoms with Crippen molar-refractivity contribution >= 4 is 24.4 Å². The maximum Gasteiger partial charge on any atom is 0.410 e. The van der Waals surface area contributed by atoms with Crippen LogP contribution in [-0.2, 0) is 4.74 Å². The Labute approximate surface area is 247 Å². The molecule has 1 unspecified atom stereocenters. The minimum atomic E-state index is -0.340. The van der Waals surface area contributed by atoms with Crippen molar-refractivity contribution in [1.82, 2.24) is 24.7 Å². The lowest BCUT2D eigenvalue weighted by Crippen LogP contribution is -2.60. The van der Waals surface area contributed by atoms with E-state index in [0.29, 0.717) is 11.5 Å². The molecule has 1 atom stereocenters. The Kier molecular flexibility index (Phi) is 10.0. The number of unbranched alkanes of at least 4 members (excludes halogenated alkanes) is 1. The van der Waals surface area contributed by atoms with Crippen molar-refractivity contribution < 1.29 is 14.3 Å². The highest BCUT2D eigenvalue weighted by atomic mass is 35.5. The number of rotatable bonds is 7. The van der Waals surface area contributed by atoms with Gasteiger partial charge in [0.1, 0.15) is 11.9 Å². The number of amides is 2. The van der Waals surface area contributed by atoms with Crippen molar-refractivity contribution in [3.05, 3.63) is 23.3 Å². The van der Waals surface area contributed by atoms with Gasteiger partial charge in [0.05, 0.1) is 23.0 Å². The number of carbonyl (C=O) groups excluding carboxylic acids is 2. The van der Waals surface area contributed by atoms with Crippen LogP contribution >= 0.6 is 12.4 Å². The fourth-order valence-corrected chi connectivity index (χ4v) is 7.81. The first-order chi connectivity index (χ1) is 18.8. The summed E-state index contributed by atoms with van der Waals surface area (Å²) in [5.74, 6) is 0.687. The van der Waals surface area contributed by atoms with Gasteiger partial charge in [0.2, 0.25) is 0 Å². The number of aryl methyl sites for hydroxylation is 2. The van der Waals surface area contributed by atoms with Crippen LogP contribution in [0.5, 0.6) is 0 Å². The Bertz CT molecular complexity index is 1010. The number of carbonyl (C=O) groups is 2. The van der Waals surface area contributed by atoms with E-state index in [1.165, 1.54) is 38.4 Å². The second kappa shape index (κ2) is 12.9. The fraction of sp³-hybridized carbons (Fsp3) is 0.806. The summed E-state index contributed by atoms with van der Waals surface area (Å²) < 4.78 is 6.34. The monoisotopic (exact) mass is 575 g/mol. The standard InChI is InChI=1S/C31H49N5O3.ClH/c1-5-6-12-26-31(39-29(38)36(26)21-25-10-8-7-9-11-25)15-19-35(20-16-31)30(4)13-17-34(18-14-30)28(37)27-23(2)32-22-33-24(27)3;/h22,25-26H,5-21H2,1-4H3;1H. The SMILES string of the molecule is CCCCC1N(CC2CCCCC2)C(=O)OC12CCN(C1(C)CCN(C(=O)c3c(C)ncnc3C)CC1)CC2.Cl. The average Bonchev–Trinajstić information content (AvgIpc) is 3.17. The molecule has 3 saturated heterocycles. The summed E-state index contributed by atoms with van der Waals surface area (Å²) in [5, 5.41) is 0. The molecule has 9 heteroatoms. The maximum atomic E-state index is 13.3. The van der Waals surface area contributed by atoms with E-state index in [0.717, 1.165) is 89.1 Å². The number of ether oxygens (including phenoxy) is 1. The number of nitrogens with zero attached hydrogens (tertiary/aromatic N) is 5. The number of hydrogen-bond donors (Lipinski definition) is 0. The first-order valence-corrected chi connectivity index (χ1v) is 15.6. The number of piperidine rings is 2. The number of aromatic nitrogens is 2. The van der Waals surface area contributed by atoms with Crippen LogP contribution in [0.25, 0.3) is 0 Å². The Hall–Kier alpha value is -1.93. The molecule has 0 radical (unpaired) electrons. The molecule has 0 N–H and O–H groups in total. The zero-order chi connectivity index (χ0) is 27.6. The predicted molar refractivity (Wildman–Crippen MR) is 159 cm³/mol. The summed E-state index contributed by atoms with van der Waals surface area (Å²) in [6, 6.07) is 0.209. The molecule has 224 valence electrons. The van der Waals surface area contributed by atoms with E-state index in [2.05, 4.69) is 33.6 Å². The molecule has 3 aliphatic heterocycles. The Morgan fingerprint density at radius 1 is 1.00 bits per heavy atom. The zero-order valence-corrected chi connectivity index (χ0v) is 25.9. The molecule has 4 aliphatic rings. The topological polar surface area (TPSA) is 78.9 Å². The van der Waals surface area contributed by atoms with Crippen molar-refractivity contribution in [1.29, 1.82) is 0 Å². The molecule has 1 spiro atoms. The summed E-state index contributed by atoms with van der Waals surface area (Å²) in [7, 11) is 0. The second-order valence-electron chi connectivity index (χ2n) is 12.9. The molecule has 0 aromatic carbocycles. The van der Waals surface area contributed by atoms with E-state index in [9.17, 15) is 9.59 Å². The van der Waals surface area contributed by atoms with Gasteiger partial charge < -0.3 is 14.5 Å². The highest BCUT2D eigenvalue weighted by Crippen LogP contribution is 2.44. The fourth-order valence-electron chi connectivity index (χ4n) is 7.81. The lowest BCUT2D eigenvalue weighted by molar-refractivity contribution is -0.0601. The summed E-state index contributed by atoms with van der Waals surface area (Å²) in [4.78, 5) is 41.8. The van der Waals surface area contributed by atoms with Crippen LogP contribution in [0.2, 0.25) is 0 Å². The maximum absolute atomic E-state index is 13.3. The molecule has 40 heavy (non-hydrogen) atoms. The number of hydrogen-bond acceptors (Lipinski definition) is 6. The third-order valence-corrected chi connectivity index (χ3v) is 10.5. The number of halogens is 1. The van der Waals surface area contributed by atoms with Crippen molar-refractivity contribution in [3.63, 3.8) is 0 Å². The van der Waals surface area contributed by atoms with Crippen molar-refractivity contribution in [2.24, 2.45) is 5.92 Å². The van der Waals surface area contributed by atoms with Gasteiger partial charge in [-0.2, -0.15) is 0 Å². The van der Waals surface area contributed by atoms with Crippen molar-refractivity contribution in [2.45, 2.75) is 122 Å². The molecular formula is C31H50ClN5O3. The third kappa shape index (κ3) is 6.13. The molecule has 2 amide bonds. The van der Waals surface area contributed by atoms with E-state index in [1.54, 1.807) is 0 Å². The van der Waals surface area contributed by atoms with Gasteiger partial charge in [-0.3, -0.25) is 9.69 Å². The van der Waals surface area contributed by atoms with Crippen molar-refractivity contribution in [3.8, 4) is 0 Å². The minimum Gasteiger partial charge on any atom is -0.440 e. The first-order valence-electron chi connectivity index (χ1n) is 15.6. The van der Waals surface area contributed by atoms with Crippen LogP contribution in [0, 0.1) is 19.8 Å². The normalized spacial score (nSPS) is 25.1. The molecular weight excluding hydrogens is 526 g/mol. The van der Waals surface area contributed by atoms with E-state index in [4.69, 9.17) is 4.74 Å². The quantitative estimate of drug-likeness (QED) is 0.400. The van der Waals surface area contributed by atoms with Gasteiger partial charge in [0.25, 0.3) is 5.91 Å². The summed E-state index contributed by atoms with van der Waals surface area (Å²) >= 11 is 0. The van der Waals surface area contributed by atoms with Gasteiger partial charge >= 0.3 is 6.09 Å². The number of likely N-dealkylation sites (tertiary alicyclic amines) is 2. The van der Waals surface area contributed by atoms with Crippen LogP contribution in [0.3, 0.4) is 0 Å². The molecule has 1 saturated carbocycles. The molecule has 1 aromatic rings. The third-order valence-electron chi connectivity index (χ3n) is 10.5. The van der Waals surface area contributed by atoms with E-state index in [1.807, 2.05) is 18.7 Å². The molecule has 1 aromatic heterocycles. The first kappa shape index (κ1) is 31.0. The minimum absolute atomic E-state index is 0. The van der Waals surface area contributed by atoms with Crippen LogP contribution in [-0.4, -0.2) is 86.6 Å². The van der Waals surface area contributed by atoms with Gasteiger partial charge in [0, 0.05) is 51.1 Å². The predicted octanol–water partition coefficient (Wildman–Crippen LogP) is 5.94. The van der Waals surface area contributed by atoms with E-state index < -0.39 is 0 Å². The molecule has 0 bridgehead atoms. The lowest BCUT2D eigenvalue weighted by atomic mass is 9.78. The van der Waals surface area contributed by atoms with Gasteiger partial charge in [-0.05, 0) is 58.8 Å². The molecule has 8 nitrogen and oxygen atoms in total. The van der Waals surface area contributed by atoms with Crippen molar-refractivity contribution in [2.75, 3.05) is 32.7 Å². The average molecular weight is 576 g/mol. The summed E-state index contributed by atoms with van der Waals surface area (Å²) in [6.45, 7) is 12.6. The molecule has 5 rings (SSSR count). The van der Waals surface area contributed by atoms with Crippen LogP contribution in [0.15, 0.2) is 6.33 Å². The summed E-state index contributed by atoms with van der Waals surface area (Å²) in [6.07, 6.45) is 14.9. The smallest absolute Gasteiger partial charge is 0.410 e. The van der Waals surface area contributed by atoms with Gasteiger partial charge in [-0.1, -0.05) is 39.0 Å². The Morgan fingerprint density at radius 3 is 2.23 bits per heavy atom. The van der Waals surface area contributed by atoms with Gasteiger partial charge in [0.15, 0.2) is 0 Å². The van der Waals surface area contributed by atoms with Crippen LogP contribution < -0.4 is 0 Å². The van der Waals surface area contributed by atoms with E-state index >= 15 is 0 Å². The van der Waals surface area contributed by atoms with Crippen LogP contribution in [0.1, 0.15) is 113 Å². The highest BCUT2D eigenvalue weighted by Gasteiger charge is 2.56. The second-order valence-corrected chi connectivity index (χ2v) is 12.9. The van der Waals surface area contributed by atoms with Gasteiger partial charge in [-0.25, -0.2) is 14.8 Å². The van der Waals surface area contributed by atoms with Gasteiger partial charge in [-0.15, -0.1) is 12.4 Å². The highest BCUT2D eigenvalue weighted by molar-refractivity contribution is 5.96. The Morgan fingerprint density at radius 2 is 1.62 bits per heavy atom. The largest absolute Gasteiger partial charge is 0.440 e. The Balaban J connectivity index is 0.00000370. The summed E-state index contributed by atoms with van der Waals surface area (Å²) in [5.41, 5.74) is 1.87. The van der Waals surface area contributed by atoms with Crippen LogP contribution in [0.4, 0.5) is 4.79 Å².